The summed E-state index contributed by atoms with van der Waals surface area (Å²) in [5.74, 6) is 2.44. The molecule has 0 amide bonds. The molecule has 1 aliphatic rings. The van der Waals surface area contributed by atoms with E-state index in [0.717, 1.165) is 28.8 Å². The van der Waals surface area contributed by atoms with E-state index in [1.165, 1.54) is 34.9 Å². The fourth-order valence-electron chi connectivity index (χ4n) is 2.85. The molecule has 2 heterocycles. The van der Waals surface area contributed by atoms with Crippen LogP contribution in [-0.2, 0) is 6.42 Å². The molecular formula is C15H19IN4S. The molecule has 1 saturated carbocycles. The Hall–Kier alpha value is -0.760. The van der Waals surface area contributed by atoms with Gasteiger partial charge >= 0.3 is 0 Å². The number of rotatable bonds is 4. The maximum Gasteiger partial charge on any atom is 0.143 e. The molecule has 1 aliphatic carbocycles. The van der Waals surface area contributed by atoms with Crippen molar-refractivity contribution in [3.05, 3.63) is 31.2 Å². The zero-order chi connectivity index (χ0) is 14.8. The summed E-state index contributed by atoms with van der Waals surface area (Å²) in [7, 11) is 1.93. The van der Waals surface area contributed by atoms with Crippen molar-refractivity contribution in [3.8, 4) is 0 Å². The zero-order valence-corrected chi connectivity index (χ0v) is 15.3. The van der Waals surface area contributed by atoms with E-state index in [1.54, 1.807) is 11.3 Å². The fraction of sp³-hybridized carbons (Fsp3) is 0.533. The van der Waals surface area contributed by atoms with Gasteiger partial charge in [0.15, 0.2) is 0 Å². The van der Waals surface area contributed by atoms with Crippen LogP contribution in [0.1, 0.15) is 53.8 Å². The Morgan fingerprint density at radius 2 is 2.05 bits per heavy atom. The molecule has 0 radical (unpaired) electrons. The second kappa shape index (κ2) is 6.56. The molecule has 0 aromatic carbocycles. The van der Waals surface area contributed by atoms with Crippen LogP contribution in [0.5, 0.6) is 0 Å². The molecule has 0 spiro atoms. The normalized spacial score (nSPS) is 15.6. The number of anilines is 1. The summed E-state index contributed by atoms with van der Waals surface area (Å²) < 4.78 is 1.18. The van der Waals surface area contributed by atoms with Gasteiger partial charge in [0.05, 0.1) is 15.7 Å². The number of nitrogens with zero attached hydrogens (tertiary/aromatic N) is 3. The summed E-state index contributed by atoms with van der Waals surface area (Å²) >= 11 is 4.07. The Kier molecular flexibility index (Phi) is 4.73. The molecule has 0 bridgehead atoms. The molecular weight excluding hydrogens is 395 g/mol. The van der Waals surface area contributed by atoms with E-state index in [1.807, 2.05) is 14.0 Å². The van der Waals surface area contributed by atoms with Crippen LogP contribution in [0.25, 0.3) is 0 Å². The summed E-state index contributed by atoms with van der Waals surface area (Å²) in [6.45, 7) is 2.03. The highest BCUT2D eigenvalue weighted by Gasteiger charge is 2.23. The van der Waals surface area contributed by atoms with E-state index in [4.69, 9.17) is 4.98 Å². The lowest BCUT2D eigenvalue weighted by atomic mass is 10.0. The van der Waals surface area contributed by atoms with Gasteiger partial charge in [-0.05, 0) is 42.4 Å². The summed E-state index contributed by atoms with van der Waals surface area (Å²) in [5.41, 5.74) is 2.31. The maximum atomic E-state index is 4.88. The van der Waals surface area contributed by atoms with Gasteiger partial charge < -0.3 is 5.32 Å². The first-order valence-electron chi connectivity index (χ1n) is 7.32. The molecule has 6 heteroatoms. The van der Waals surface area contributed by atoms with Crippen molar-refractivity contribution < 1.29 is 0 Å². The Morgan fingerprint density at radius 1 is 1.29 bits per heavy atom. The van der Waals surface area contributed by atoms with Crippen LogP contribution < -0.4 is 5.32 Å². The quantitative estimate of drug-likeness (QED) is 0.765. The molecule has 1 fully saturated rings. The highest BCUT2D eigenvalue weighted by Crippen LogP contribution is 2.37. The van der Waals surface area contributed by atoms with Gasteiger partial charge in [-0.3, -0.25) is 0 Å². The Labute approximate surface area is 143 Å². The molecule has 2 aromatic heterocycles. The van der Waals surface area contributed by atoms with E-state index in [0.29, 0.717) is 5.92 Å². The molecule has 0 atom stereocenters. The van der Waals surface area contributed by atoms with E-state index >= 15 is 0 Å². The molecule has 21 heavy (non-hydrogen) atoms. The average Bonchev–Trinajstić information content (AvgIpc) is 3.12. The van der Waals surface area contributed by atoms with Crippen molar-refractivity contribution >= 4 is 39.7 Å². The highest BCUT2D eigenvalue weighted by atomic mass is 127. The third kappa shape index (κ3) is 3.36. The van der Waals surface area contributed by atoms with Crippen molar-refractivity contribution in [2.24, 2.45) is 0 Å². The van der Waals surface area contributed by atoms with Gasteiger partial charge in [0, 0.05) is 24.0 Å². The van der Waals surface area contributed by atoms with E-state index in [-0.39, 0.29) is 0 Å². The van der Waals surface area contributed by atoms with E-state index < -0.39 is 0 Å². The third-order valence-electron chi connectivity index (χ3n) is 3.88. The largest absolute Gasteiger partial charge is 0.372 e. The van der Waals surface area contributed by atoms with Gasteiger partial charge in [0.2, 0.25) is 0 Å². The number of hydrogen-bond acceptors (Lipinski definition) is 5. The summed E-state index contributed by atoms with van der Waals surface area (Å²) in [6.07, 6.45) is 5.88. The van der Waals surface area contributed by atoms with Crippen LogP contribution in [0, 0.1) is 10.5 Å². The second-order valence-corrected chi connectivity index (χ2v) is 7.50. The molecule has 0 aliphatic heterocycles. The lowest BCUT2D eigenvalue weighted by Gasteiger charge is -2.15. The molecule has 2 aromatic rings. The summed E-state index contributed by atoms with van der Waals surface area (Å²) in [5, 5.41) is 6.39. The van der Waals surface area contributed by atoms with Crippen molar-refractivity contribution in [1.82, 2.24) is 15.0 Å². The van der Waals surface area contributed by atoms with Crippen LogP contribution in [0.2, 0.25) is 0 Å². The predicted molar refractivity (Wildman–Crippen MR) is 95.2 cm³/mol. The first-order valence-corrected chi connectivity index (χ1v) is 9.28. The lowest BCUT2D eigenvalue weighted by molar-refractivity contribution is 0.681. The summed E-state index contributed by atoms with van der Waals surface area (Å²) in [6, 6.07) is 0. The molecule has 1 N–H and O–H groups in total. The highest BCUT2D eigenvalue weighted by molar-refractivity contribution is 14.1. The standard InChI is InChI=1S/C15H19IN4S/c1-9-8-21-12(18-9)7-11-19-14(10-5-3-4-6-10)13(16)15(17-2)20-11/h8,10H,3-7H2,1-2H3,(H,17,19,20). The van der Waals surface area contributed by atoms with Gasteiger partial charge in [0.1, 0.15) is 16.6 Å². The Balaban J connectivity index is 1.94. The predicted octanol–water partition coefficient (Wildman–Crippen LogP) is 4.14. The van der Waals surface area contributed by atoms with Crippen LogP contribution in [0.4, 0.5) is 5.82 Å². The fourth-order valence-corrected chi connectivity index (χ4v) is 4.57. The molecule has 0 saturated heterocycles. The van der Waals surface area contributed by atoms with Crippen LogP contribution in [0.15, 0.2) is 5.38 Å². The van der Waals surface area contributed by atoms with Gasteiger partial charge in [-0.25, -0.2) is 15.0 Å². The van der Waals surface area contributed by atoms with Crippen LogP contribution in [-0.4, -0.2) is 22.0 Å². The van der Waals surface area contributed by atoms with Crippen molar-refractivity contribution in [2.45, 2.75) is 44.9 Å². The number of aromatic nitrogens is 3. The molecule has 4 nitrogen and oxygen atoms in total. The minimum absolute atomic E-state index is 0.601. The van der Waals surface area contributed by atoms with Gasteiger partial charge in [-0.15, -0.1) is 11.3 Å². The molecule has 112 valence electrons. The van der Waals surface area contributed by atoms with Crippen LogP contribution in [0.3, 0.4) is 0 Å². The van der Waals surface area contributed by atoms with Gasteiger partial charge in [0.25, 0.3) is 0 Å². The number of thiazole rings is 1. The first-order chi connectivity index (χ1) is 10.2. The molecule has 3 rings (SSSR count). The minimum Gasteiger partial charge on any atom is -0.372 e. The lowest BCUT2D eigenvalue weighted by Crippen LogP contribution is -2.10. The third-order valence-corrected chi connectivity index (χ3v) is 5.91. The van der Waals surface area contributed by atoms with Crippen LogP contribution >= 0.6 is 33.9 Å². The molecule has 0 unspecified atom stereocenters. The SMILES string of the molecule is CNc1nc(Cc2nc(C)cs2)nc(C2CCCC2)c1I. The van der Waals surface area contributed by atoms with Crippen molar-refractivity contribution in [2.75, 3.05) is 12.4 Å². The number of halogens is 1. The number of aryl methyl sites for hydroxylation is 1. The summed E-state index contributed by atoms with van der Waals surface area (Å²) in [4.78, 5) is 14.1. The smallest absolute Gasteiger partial charge is 0.143 e. The average molecular weight is 414 g/mol. The van der Waals surface area contributed by atoms with Gasteiger partial charge in [-0.1, -0.05) is 12.8 Å². The van der Waals surface area contributed by atoms with Crippen molar-refractivity contribution in [1.29, 1.82) is 0 Å². The second-order valence-electron chi connectivity index (χ2n) is 5.48. The Bertz CT molecular complexity index is 635. The van der Waals surface area contributed by atoms with Crippen molar-refractivity contribution in [3.63, 3.8) is 0 Å². The van der Waals surface area contributed by atoms with Gasteiger partial charge in [-0.2, -0.15) is 0 Å². The Morgan fingerprint density at radius 3 is 2.67 bits per heavy atom. The monoisotopic (exact) mass is 414 g/mol. The topological polar surface area (TPSA) is 50.7 Å². The van der Waals surface area contributed by atoms with E-state index in [9.17, 15) is 0 Å². The first kappa shape index (κ1) is 15.1. The van der Waals surface area contributed by atoms with E-state index in [2.05, 4.69) is 43.3 Å². The number of hydrogen-bond donors (Lipinski definition) is 1. The maximum absolute atomic E-state index is 4.88. The number of nitrogens with one attached hydrogen (secondary N) is 1. The zero-order valence-electron chi connectivity index (χ0n) is 12.3. The minimum atomic E-state index is 0.601.